The number of nitrogens with zero attached hydrogens (tertiary/aromatic N) is 3. The highest BCUT2D eigenvalue weighted by atomic mass is 16.2. The molecule has 2 saturated heterocycles. The number of fused-ring (bicyclic) bond motifs is 1. The van der Waals surface area contributed by atoms with Crippen molar-refractivity contribution in [1.82, 2.24) is 9.80 Å². The minimum absolute atomic E-state index is 0.0302. The van der Waals surface area contributed by atoms with Gasteiger partial charge in [0.2, 0.25) is 11.8 Å². The maximum absolute atomic E-state index is 12.9. The van der Waals surface area contributed by atoms with E-state index < -0.39 is 0 Å². The zero-order valence-corrected chi connectivity index (χ0v) is 15.6. The Kier molecular flexibility index (Phi) is 4.98. The van der Waals surface area contributed by atoms with Crippen molar-refractivity contribution in [3.8, 4) is 6.07 Å². The van der Waals surface area contributed by atoms with Crippen LogP contribution in [0.25, 0.3) is 6.08 Å². The first kappa shape index (κ1) is 17.8. The molecular weight excluding hydrogens is 338 g/mol. The van der Waals surface area contributed by atoms with Crippen molar-refractivity contribution in [2.24, 2.45) is 0 Å². The lowest BCUT2D eigenvalue weighted by Crippen LogP contribution is -2.49. The van der Waals surface area contributed by atoms with Crippen LogP contribution in [-0.4, -0.2) is 46.8 Å². The van der Waals surface area contributed by atoms with Gasteiger partial charge in [-0.2, -0.15) is 5.26 Å². The third-order valence-corrected chi connectivity index (χ3v) is 6.04. The van der Waals surface area contributed by atoms with Crippen LogP contribution in [0, 0.1) is 11.3 Å². The molecule has 0 spiro atoms. The Morgan fingerprint density at radius 2 is 1.89 bits per heavy atom. The van der Waals surface area contributed by atoms with E-state index in [-0.39, 0.29) is 23.9 Å². The van der Waals surface area contributed by atoms with Crippen LogP contribution in [0.15, 0.2) is 29.8 Å². The fraction of sp³-hybridized carbons (Fsp3) is 0.500. The van der Waals surface area contributed by atoms with Crippen LogP contribution in [-0.2, 0) is 16.0 Å². The highest BCUT2D eigenvalue weighted by molar-refractivity contribution is 5.89. The van der Waals surface area contributed by atoms with Gasteiger partial charge in [0.25, 0.3) is 0 Å². The van der Waals surface area contributed by atoms with E-state index in [1.165, 1.54) is 16.7 Å². The van der Waals surface area contributed by atoms with Gasteiger partial charge in [0.05, 0.1) is 6.07 Å². The molecule has 2 fully saturated rings. The lowest BCUT2D eigenvalue weighted by Gasteiger charge is -2.29. The molecule has 2 heterocycles. The average molecular weight is 363 g/mol. The Hall–Kier alpha value is -2.61. The second-order valence-corrected chi connectivity index (χ2v) is 7.74. The van der Waals surface area contributed by atoms with E-state index >= 15 is 0 Å². The van der Waals surface area contributed by atoms with Crippen molar-refractivity contribution in [3.63, 3.8) is 0 Å². The Labute approximate surface area is 160 Å². The second kappa shape index (κ2) is 7.56. The summed E-state index contributed by atoms with van der Waals surface area (Å²) in [4.78, 5) is 29.2. The van der Waals surface area contributed by atoms with Crippen LogP contribution in [0.1, 0.15) is 49.7 Å². The smallest absolute Gasteiger partial charge is 0.246 e. The maximum atomic E-state index is 12.9. The highest BCUT2D eigenvalue weighted by Gasteiger charge is 2.39. The van der Waals surface area contributed by atoms with E-state index in [0.717, 1.165) is 32.1 Å². The molecule has 2 aliphatic heterocycles. The van der Waals surface area contributed by atoms with Crippen molar-refractivity contribution in [2.45, 2.75) is 57.0 Å². The van der Waals surface area contributed by atoms with Crippen molar-refractivity contribution in [1.29, 1.82) is 5.26 Å². The molecule has 5 nitrogen and oxygen atoms in total. The van der Waals surface area contributed by atoms with Gasteiger partial charge < -0.3 is 9.80 Å². The lowest BCUT2D eigenvalue weighted by atomic mass is 10.1. The molecule has 0 unspecified atom stereocenters. The Bertz CT molecular complexity index is 823. The molecule has 3 aliphatic rings. The van der Waals surface area contributed by atoms with Crippen LogP contribution in [0.2, 0.25) is 0 Å². The summed E-state index contributed by atoms with van der Waals surface area (Å²) in [6.07, 6.45) is 7.51. The first-order valence-corrected chi connectivity index (χ1v) is 9.94. The maximum Gasteiger partial charge on any atom is 0.246 e. The van der Waals surface area contributed by atoms with Crippen LogP contribution >= 0.6 is 0 Å². The first-order valence-electron chi connectivity index (χ1n) is 9.94. The molecular formula is C22H25N3O2. The molecule has 140 valence electrons. The van der Waals surface area contributed by atoms with E-state index in [0.29, 0.717) is 25.9 Å². The zero-order chi connectivity index (χ0) is 18.8. The van der Waals surface area contributed by atoms with Gasteiger partial charge in [-0.05, 0) is 49.7 Å². The number of carbonyl (C=O) groups excluding carboxylic acids is 2. The predicted octanol–water partition coefficient (Wildman–Crippen LogP) is 2.91. The van der Waals surface area contributed by atoms with E-state index in [4.69, 9.17) is 0 Å². The largest absolute Gasteiger partial charge is 0.331 e. The molecule has 0 bridgehead atoms. The fourth-order valence-electron chi connectivity index (χ4n) is 4.60. The van der Waals surface area contributed by atoms with Gasteiger partial charge in [0, 0.05) is 19.5 Å². The third-order valence-electron chi connectivity index (χ3n) is 6.04. The first-order chi connectivity index (χ1) is 13.2. The Morgan fingerprint density at radius 1 is 1.11 bits per heavy atom. The molecule has 5 heteroatoms. The number of hydrogen-bond donors (Lipinski definition) is 0. The van der Waals surface area contributed by atoms with E-state index in [9.17, 15) is 14.9 Å². The number of amides is 2. The van der Waals surface area contributed by atoms with Crippen LogP contribution in [0.4, 0.5) is 0 Å². The summed E-state index contributed by atoms with van der Waals surface area (Å²) in [6, 6.07) is 9.87. The summed E-state index contributed by atoms with van der Waals surface area (Å²) in [5.41, 5.74) is 3.87. The van der Waals surface area contributed by atoms with Gasteiger partial charge in [-0.1, -0.05) is 35.9 Å². The molecule has 0 saturated carbocycles. The quantitative estimate of drug-likeness (QED) is 0.826. The molecule has 2 amide bonds. The minimum Gasteiger partial charge on any atom is -0.331 e. The normalized spacial score (nSPS) is 23.9. The molecule has 1 aromatic rings. The van der Waals surface area contributed by atoms with Crippen LogP contribution < -0.4 is 0 Å². The van der Waals surface area contributed by atoms with E-state index in [2.05, 4.69) is 24.3 Å². The minimum atomic E-state index is -0.374. The van der Waals surface area contributed by atoms with Crippen LogP contribution in [0.5, 0.6) is 0 Å². The molecule has 27 heavy (non-hydrogen) atoms. The number of nitriles is 1. The van der Waals surface area contributed by atoms with Crippen molar-refractivity contribution < 1.29 is 9.59 Å². The Balaban J connectivity index is 1.36. The second-order valence-electron chi connectivity index (χ2n) is 7.74. The summed E-state index contributed by atoms with van der Waals surface area (Å²) < 4.78 is 0. The average Bonchev–Trinajstić information content (AvgIpc) is 3.43. The van der Waals surface area contributed by atoms with Gasteiger partial charge in [0.15, 0.2) is 0 Å². The number of likely N-dealkylation sites (tertiary alicyclic amines) is 2. The number of rotatable bonds is 4. The summed E-state index contributed by atoms with van der Waals surface area (Å²) in [5.74, 6) is 0.0350. The van der Waals surface area contributed by atoms with Gasteiger partial charge in [0.1, 0.15) is 12.1 Å². The number of benzene rings is 1. The number of allylic oxidation sites excluding steroid dienone is 1. The predicted molar refractivity (Wildman–Crippen MR) is 102 cm³/mol. The summed E-state index contributed by atoms with van der Waals surface area (Å²) in [7, 11) is 0. The van der Waals surface area contributed by atoms with Crippen LogP contribution in [0.3, 0.4) is 0 Å². The zero-order valence-electron chi connectivity index (χ0n) is 15.6. The van der Waals surface area contributed by atoms with Gasteiger partial charge in [-0.3, -0.25) is 9.59 Å². The SMILES string of the molecule is N#C[C@@H]1CCCN1C(=O)[C@@H]1CCCN1C(=O)CCC1=Cc2ccccc2C1. The van der Waals surface area contributed by atoms with Crippen molar-refractivity contribution in [3.05, 3.63) is 41.0 Å². The van der Waals surface area contributed by atoms with Gasteiger partial charge >= 0.3 is 0 Å². The Morgan fingerprint density at radius 3 is 2.70 bits per heavy atom. The molecule has 1 aliphatic carbocycles. The summed E-state index contributed by atoms with van der Waals surface area (Å²) >= 11 is 0. The molecule has 1 aromatic carbocycles. The number of hydrogen-bond acceptors (Lipinski definition) is 3. The van der Waals surface area contributed by atoms with Crippen molar-refractivity contribution in [2.75, 3.05) is 13.1 Å². The number of carbonyl (C=O) groups is 2. The van der Waals surface area contributed by atoms with E-state index in [1.807, 2.05) is 12.1 Å². The monoisotopic (exact) mass is 363 g/mol. The van der Waals surface area contributed by atoms with E-state index in [1.54, 1.807) is 9.80 Å². The third kappa shape index (κ3) is 3.49. The topological polar surface area (TPSA) is 64.4 Å². The van der Waals surface area contributed by atoms with Crippen molar-refractivity contribution >= 4 is 17.9 Å². The summed E-state index contributed by atoms with van der Waals surface area (Å²) in [5, 5.41) is 9.25. The molecule has 4 rings (SSSR count). The molecule has 0 radical (unpaired) electrons. The van der Waals surface area contributed by atoms with Gasteiger partial charge in [-0.25, -0.2) is 0 Å². The summed E-state index contributed by atoms with van der Waals surface area (Å²) in [6.45, 7) is 1.29. The highest BCUT2D eigenvalue weighted by Crippen LogP contribution is 2.29. The molecule has 2 atom stereocenters. The molecule has 0 aromatic heterocycles. The lowest BCUT2D eigenvalue weighted by molar-refractivity contribution is -0.143. The molecule has 0 N–H and O–H groups in total. The van der Waals surface area contributed by atoms with Gasteiger partial charge in [-0.15, -0.1) is 0 Å². The standard InChI is InChI=1S/C22H25N3O2/c23-15-19-7-3-11-24(19)22(27)20-8-4-12-25(20)21(26)10-9-16-13-17-5-1-2-6-18(17)14-16/h1-2,5-6,13,19-20H,3-4,7-12,14H2/t19-,20-/m0/s1. The fourth-order valence-corrected chi connectivity index (χ4v) is 4.60.